The normalized spacial score (nSPS) is 18.3. The molecular weight excluding hydrogens is 560 g/mol. The topological polar surface area (TPSA) is 93.8 Å². The lowest BCUT2D eigenvalue weighted by molar-refractivity contribution is -0.245. The fourth-order valence-electron chi connectivity index (χ4n) is 5.05. The molecule has 1 amide bonds. The Kier molecular flexibility index (Phi) is 9.00. The highest BCUT2D eigenvalue weighted by atomic mass is 32.2. The van der Waals surface area contributed by atoms with E-state index < -0.39 is 6.29 Å². The highest BCUT2D eigenvalue weighted by Crippen LogP contribution is 2.41. The third-order valence-electron chi connectivity index (χ3n) is 7.20. The lowest BCUT2D eigenvalue weighted by Gasteiger charge is -2.36. The third-order valence-corrected chi connectivity index (χ3v) is 8.16. The number of aromatic nitrogens is 1. The quantitative estimate of drug-likeness (QED) is 0.169. The Labute approximate surface area is 254 Å². The van der Waals surface area contributed by atoms with Gasteiger partial charge >= 0.3 is 0 Å². The Balaban J connectivity index is 1.24. The summed E-state index contributed by atoms with van der Waals surface area (Å²) >= 11 is 1.52. The van der Waals surface area contributed by atoms with Gasteiger partial charge in [0, 0.05) is 41.5 Å². The number of hydrogen-bond acceptors (Lipinski definition) is 7. The number of aliphatic hydroxyl groups excluding tert-OH is 1. The molecule has 2 heterocycles. The maximum atomic E-state index is 11.5. The number of nitrogens with zero attached hydrogens (tertiary/aromatic N) is 1. The van der Waals surface area contributed by atoms with Crippen molar-refractivity contribution in [3.8, 4) is 22.6 Å². The number of anilines is 1. The van der Waals surface area contributed by atoms with E-state index in [0.717, 1.165) is 39.3 Å². The summed E-state index contributed by atoms with van der Waals surface area (Å²) in [6, 6.07) is 35.4. The number of carbonyl (C=O) groups excluding carboxylic acids is 1. The molecule has 3 unspecified atom stereocenters. The van der Waals surface area contributed by atoms with Crippen LogP contribution in [0.25, 0.3) is 22.6 Å². The van der Waals surface area contributed by atoms with Crippen LogP contribution in [0.2, 0.25) is 0 Å². The average molecular weight is 593 g/mol. The summed E-state index contributed by atoms with van der Waals surface area (Å²) in [6.07, 6.45) is -0.327. The molecule has 2 N–H and O–H groups in total. The summed E-state index contributed by atoms with van der Waals surface area (Å²) in [4.78, 5) is 16.4. The van der Waals surface area contributed by atoms with Crippen LogP contribution in [0.1, 0.15) is 42.4 Å². The van der Waals surface area contributed by atoms with Gasteiger partial charge in [-0.05, 0) is 23.3 Å². The van der Waals surface area contributed by atoms with Gasteiger partial charge in [-0.1, -0.05) is 109 Å². The molecule has 6 rings (SSSR count). The Morgan fingerprint density at radius 2 is 1.51 bits per heavy atom. The van der Waals surface area contributed by atoms with Gasteiger partial charge in [0.15, 0.2) is 12.1 Å². The predicted octanol–water partition coefficient (Wildman–Crippen LogP) is 7.80. The van der Waals surface area contributed by atoms with Crippen LogP contribution in [0.15, 0.2) is 119 Å². The van der Waals surface area contributed by atoms with E-state index in [1.54, 1.807) is 0 Å². The number of carbonyl (C=O) groups is 1. The molecule has 218 valence electrons. The Morgan fingerprint density at radius 1 is 0.860 bits per heavy atom. The van der Waals surface area contributed by atoms with Gasteiger partial charge in [-0.15, -0.1) is 0 Å². The fraction of sp³-hybridized carbons (Fsp3) is 0.200. The Bertz CT molecular complexity index is 1580. The predicted molar refractivity (Wildman–Crippen MR) is 167 cm³/mol. The zero-order valence-corrected chi connectivity index (χ0v) is 24.5. The lowest BCUT2D eigenvalue weighted by Crippen LogP contribution is -2.31. The van der Waals surface area contributed by atoms with E-state index in [0.29, 0.717) is 23.1 Å². The van der Waals surface area contributed by atoms with Crippen molar-refractivity contribution in [3.05, 3.63) is 126 Å². The van der Waals surface area contributed by atoms with E-state index in [-0.39, 0.29) is 24.7 Å². The van der Waals surface area contributed by atoms with Crippen molar-refractivity contribution in [1.82, 2.24) is 4.98 Å². The van der Waals surface area contributed by atoms with Gasteiger partial charge in [-0.3, -0.25) is 4.79 Å². The number of hydrogen-bond donors (Lipinski definition) is 2. The summed E-state index contributed by atoms with van der Waals surface area (Å²) < 4.78 is 19.3. The second kappa shape index (κ2) is 13.4. The summed E-state index contributed by atoms with van der Waals surface area (Å²) in [5.41, 5.74) is 6.20. The maximum Gasteiger partial charge on any atom is 0.256 e. The molecule has 1 aliphatic heterocycles. The van der Waals surface area contributed by atoms with Crippen molar-refractivity contribution in [1.29, 1.82) is 0 Å². The van der Waals surface area contributed by atoms with E-state index in [2.05, 4.69) is 5.32 Å². The lowest BCUT2D eigenvalue weighted by atomic mass is 10.0. The number of ether oxygens (including phenoxy) is 2. The Hall–Kier alpha value is -4.21. The second-order valence-electron chi connectivity index (χ2n) is 10.4. The van der Waals surface area contributed by atoms with Crippen LogP contribution < -0.4 is 5.32 Å². The van der Waals surface area contributed by atoms with Gasteiger partial charge in [0.05, 0.1) is 18.8 Å². The van der Waals surface area contributed by atoms with Gasteiger partial charge < -0.3 is 24.3 Å². The minimum Gasteiger partial charge on any atom is -0.431 e. The molecule has 1 aliphatic rings. The van der Waals surface area contributed by atoms with Crippen molar-refractivity contribution in [2.45, 2.75) is 43.7 Å². The van der Waals surface area contributed by atoms with E-state index in [1.807, 2.05) is 109 Å². The number of thioether (sulfide) groups is 1. The van der Waals surface area contributed by atoms with Crippen molar-refractivity contribution in [2.75, 3.05) is 11.1 Å². The van der Waals surface area contributed by atoms with Crippen LogP contribution >= 0.6 is 11.8 Å². The molecule has 1 saturated heterocycles. The standard InChI is InChI=1S/C35H32N2O5S/c1-23(39)36-29-18-16-28(17-19-29)34-40-30(20-31(41-34)25-14-12-24(21-38)13-15-25)22-43-35-37-32(26-8-4-2-5-9-26)33(42-35)27-10-6-3-7-11-27/h2-19,30-31,34,38H,20-22H2,1H3,(H,36,39). The van der Waals surface area contributed by atoms with E-state index >= 15 is 0 Å². The molecule has 0 radical (unpaired) electrons. The SMILES string of the molecule is CC(=O)Nc1ccc(C2OC(CSc3nc(-c4ccccc4)c(-c4ccccc4)o3)CC(c3ccc(CO)cc3)O2)cc1. The molecule has 4 aromatic carbocycles. The molecule has 0 aliphatic carbocycles. The summed E-state index contributed by atoms with van der Waals surface area (Å²) in [7, 11) is 0. The largest absolute Gasteiger partial charge is 0.431 e. The number of aliphatic hydroxyl groups is 1. The third kappa shape index (κ3) is 7.06. The number of benzene rings is 4. The summed E-state index contributed by atoms with van der Waals surface area (Å²) in [5, 5.41) is 12.9. The highest BCUT2D eigenvalue weighted by Gasteiger charge is 2.33. The monoisotopic (exact) mass is 592 g/mol. The second-order valence-corrected chi connectivity index (χ2v) is 11.3. The van der Waals surface area contributed by atoms with E-state index in [1.165, 1.54) is 18.7 Å². The summed E-state index contributed by atoms with van der Waals surface area (Å²) in [5.74, 6) is 1.22. The maximum absolute atomic E-state index is 11.5. The van der Waals surface area contributed by atoms with Crippen LogP contribution in [0.4, 0.5) is 5.69 Å². The molecular formula is C35H32N2O5S. The number of amides is 1. The molecule has 1 aromatic heterocycles. The fourth-order valence-corrected chi connectivity index (χ4v) is 5.89. The van der Waals surface area contributed by atoms with E-state index in [4.69, 9.17) is 18.9 Å². The molecule has 3 atom stereocenters. The van der Waals surface area contributed by atoms with Crippen molar-refractivity contribution in [3.63, 3.8) is 0 Å². The van der Waals surface area contributed by atoms with Gasteiger partial charge in [-0.2, -0.15) is 0 Å². The minimum absolute atomic E-state index is 0.0104. The Morgan fingerprint density at radius 3 is 2.16 bits per heavy atom. The number of rotatable bonds is 9. The van der Waals surface area contributed by atoms with Gasteiger partial charge in [-0.25, -0.2) is 4.98 Å². The van der Waals surface area contributed by atoms with Crippen molar-refractivity contribution < 1.29 is 23.8 Å². The van der Waals surface area contributed by atoms with E-state index in [9.17, 15) is 9.90 Å². The van der Waals surface area contributed by atoms with Crippen LogP contribution in [-0.2, 0) is 20.9 Å². The zero-order valence-electron chi connectivity index (χ0n) is 23.7. The molecule has 7 nitrogen and oxygen atoms in total. The van der Waals surface area contributed by atoms with Crippen LogP contribution in [0.5, 0.6) is 0 Å². The first-order valence-corrected chi connectivity index (χ1v) is 15.2. The first-order chi connectivity index (χ1) is 21.1. The molecule has 1 fully saturated rings. The molecule has 0 saturated carbocycles. The molecule has 43 heavy (non-hydrogen) atoms. The highest BCUT2D eigenvalue weighted by molar-refractivity contribution is 7.99. The minimum atomic E-state index is -0.599. The van der Waals surface area contributed by atoms with Gasteiger partial charge in [0.1, 0.15) is 5.69 Å². The number of nitrogens with one attached hydrogen (secondary N) is 1. The smallest absolute Gasteiger partial charge is 0.256 e. The van der Waals surface area contributed by atoms with Gasteiger partial charge in [0.25, 0.3) is 5.22 Å². The number of oxazole rings is 1. The van der Waals surface area contributed by atoms with Crippen molar-refractivity contribution >= 4 is 23.4 Å². The molecule has 0 bridgehead atoms. The first kappa shape index (κ1) is 28.9. The molecule has 8 heteroatoms. The zero-order chi connectivity index (χ0) is 29.6. The molecule has 5 aromatic rings. The molecule has 0 spiro atoms. The average Bonchev–Trinajstić information content (AvgIpc) is 3.49. The van der Waals surface area contributed by atoms with Crippen LogP contribution in [0.3, 0.4) is 0 Å². The van der Waals surface area contributed by atoms with Crippen LogP contribution in [-0.4, -0.2) is 27.9 Å². The van der Waals surface area contributed by atoms with Gasteiger partial charge in [0.2, 0.25) is 5.91 Å². The van der Waals surface area contributed by atoms with Crippen molar-refractivity contribution in [2.24, 2.45) is 0 Å². The van der Waals surface area contributed by atoms with Crippen LogP contribution in [0, 0.1) is 0 Å². The first-order valence-electron chi connectivity index (χ1n) is 14.2. The summed E-state index contributed by atoms with van der Waals surface area (Å²) in [6.45, 7) is 1.47.